The monoisotopic (exact) mass is 583 g/mol. The molecule has 1 aliphatic rings. The highest BCUT2D eigenvalue weighted by atomic mass is 35.5. The van der Waals surface area contributed by atoms with Gasteiger partial charge in [0.2, 0.25) is 21.8 Å². The summed E-state index contributed by atoms with van der Waals surface area (Å²) in [6.07, 6.45) is 6.41. The average Bonchev–Trinajstić information content (AvgIpc) is 2.89. The van der Waals surface area contributed by atoms with Gasteiger partial charge in [0.05, 0.1) is 29.1 Å². The summed E-state index contributed by atoms with van der Waals surface area (Å²) in [6, 6.07) is 11.1. The Kier molecular flexibility index (Phi) is 10.7. The van der Waals surface area contributed by atoms with Gasteiger partial charge in [-0.25, -0.2) is 8.42 Å². The first-order chi connectivity index (χ1) is 18.0. The third-order valence-corrected chi connectivity index (χ3v) is 8.64. The van der Waals surface area contributed by atoms with Gasteiger partial charge in [0.1, 0.15) is 18.3 Å². The maximum Gasteiger partial charge on any atom is 0.244 e. The summed E-state index contributed by atoms with van der Waals surface area (Å²) in [6.45, 7) is 1.38. The van der Waals surface area contributed by atoms with E-state index in [1.165, 1.54) is 17.0 Å². The summed E-state index contributed by atoms with van der Waals surface area (Å²) in [5, 5.41) is 3.30. The van der Waals surface area contributed by atoms with Gasteiger partial charge in [-0.05, 0) is 49.1 Å². The molecule has 2 aromatic rings. The van der Waals surface area contributed by atoms with Crippen molar-refractivity contribution < 1.29 is 22.7 Å². The zero-order chi connectivity index (χ0) is 27.9. The zero-order valence-corrected chi connectivity index (χ0v) is 24.3. The molecule has 0 aromatic heterocycles. The SMILES string of the molecule is CC[C@@H](C(=O)NC1CCCCC1)N(Cc1cccc(OC)c1)C(=O)CN(c1cccc(Cl)c1Cl)S(C)(=O)=O. The van der Waals surface area contributed by atoms with Crippen molar-refractivity contribution >= 4 is 50.7 Å². The van der Waals surface area contributed by atoms with Crippen molar-refractivity contribution in [3.8, 4) is 5.75 Å². The Balaban J connectivity index is 1.96. The maximum absolute atomic E-state index is 13.9. The molecular weight excluding hydrogens is 549 g/mol. The molecule has 1 saturated carbocycles. The zero-order valence-electron chi connectivity index (χ0n) is 22.0. The van der Waals surface area contributed by atoms with Crippen LogP contribution in [-0.2, 0) is 26.2 Å². The van der Waals surface area contributed by atoms with Crippen LogP contribution < -0.4 is 14.4 Å². The quantitative estimate of drug-likeness (QED) is 0.400. The number of hydrogen-bond acceptors (Lipinski definition) is 5. The Morgan fingerprint density at radius 2 is 1.79 bits per heavy atom. The van der Waals surface area contributed by atoms with E-state index in [2.05, 4.69) is 5.32 Å². The van der Waals surface area contributed by atoms with Crippen molar-refractivity contribution in [3.63, 3.8) is 0 Å². The van der Waals surface area contributed by atoms with E-state index in [4.69, 9.17) is 27.9 Å². The van der Waals surface area contributed by atoms with Crippen molar-refractivity contribution in [2.45, 2.75) is 64.1 Å². The summed E-state index contributed by atoms with van der Waals surface area (Å²) in [7, 11) is -2.37. The number of benzene rings is 2. The molecule has 3 rings (SSSR count). The van der Waals surface area contributed by atoms with E-state index in [1.807, 2.05) is 13.0 Å². The van der Waals surface area contributed by atoms with Gasteiger partial charge in [-0.3, -0.25) is 13.9 Å². The number of carbonyl (C=O) groups is 2. The van der Waals surface area contributed by atoms with Gasteiger partial charge in [0.25, 0.3) is 0 Å². The van der Waals surface area contributed by atoms with Crippen LogP contribution in [0, 0.1) is 0 Å². The van der Waals surface area contributed by atoms with Crippen LogP contribution in [0.15, 0.2) is 42.5 Å². The van der Waals surface area contributed by atoms with Crippen LogP contribution in [0.2, 0.25) is 10.0 Å². The highest BCUT2D eigenvalue weighted by molar-refractivity contribution is 7.92. The minimum Gasteiger partial charge on any atom is -0.497 e. The normalized spacial score (nSPS) is 15.0. The van der Waals surface area contributed by atoms with Crippen molar-refractivity contribution in [2.24, 2.45) is 0 Å². The van der Waals surface area contributed by atoms with Gasteiger partial charge in [-0.2, -0.15) is 0 Å². The number of hydrogen-bond donors (Lipinski definition) is 1. The van der Waals surface area contributed by atoms with Crippen LogP contribution >= 0.6 is 23.2 Å². The van der Waals surface area contributed by atoms with Gasteiger partial charge in [-0.15, -0.1) is 0 Å². The summed E-state index contributed by atoms with van der Waals surface area (Å²) in [4.78, 5) is 28.7. The molecule has 0 aliphatic heterocycles. The predicted octanol–water partition coefficient (Wildman–Crippen LogP) is 5.02. The number of nitrogens with zero attached hydrogens (tertiary/aromatic N) is 2. The summed E-state index contributed by atoms with van der Waals surface area (Å²) in [5.41, 5.74) is 0.837. The van der Waals surface area contributed by atoms with E-state index in [0.29, 0.717) is 12.2 Å². The van der Waals surface area contributed by atoms with E-state index in [9.17, 15) is 18.0 Å². The van der Waals surface area contributed by atoms with Crippen LogP contribution in [-0.4, -0.2) is 57.1 Å². The molecule has 2 aromatic carbocycles. The lowest BCUT2D eigenvalue weighted by Gasteiger charge is -2.34. The number of carbonyl (C=O) groups excluding carboxylic acids is 2. The summed E-state index contributed by atoms with van der Waals surface area (Å²) in [5.74, 6) is -0.180. The molecule has 8 nitrogen and oxygen atoms in total. The highest BCUT2D eigenvalue weighted by Crippen LogP contribution is 2.34. The Morgan fingerprint density at radius 1 is 1.11 bits per heavy atom. The lowest BCUT2D eigenvalue weighted by molar-refractivity contribution is -0.140. The highest BCUT2D eigenvalue weighted by Gasteiger charge is 2.33. The standard InChI is InChI=1S/C27H35Cl2N3O5S/c1-4-23(27(34)30-20-11-6-5-7-12-20)31(17-19-10-8-13-21(16-19)37-2)25(33)18-32(38(3,35)36)24-15-9-14-22(28)26(24)29/h8-10,13-16,20,23H,4-7,11-12,17-18H2,1-3H3,(H,30,34)/t23-/m0/s1. The molecule has 1 aliphatic carbocycles. The number of rotatable bonds is 11. The van der Waals surface area contributed by atoms with Gasteiger partial charge < -0.3 is 15.0 Å². The van der Waals surface area contributed by atoms with Crippen molar-refractivity contribution in [2.75, 3.05) is 24.2 Å². The fourth-order valence-electron chi connectivity index (χ4n) is 4.71. The van der Waals surface area contributed by atoms with Crippen LogP contribution in [0.25, 0.3) is 0 Å². The molecule has 38 heavy (non-hydrogen) atoms. The predicted molar refractivity (Wildman–Crippen MR) is 151 cm³/mol. The van der Waals surface area contributed by atoms with Gasteiger partial charge in [-0.1, -0.05) is 67.6 Å². The molecule has 2 amide bonds. The van der Waals surface area contributed by atoms with E-state index >= 15 is 0 Å². The smallest absolute Gasteiger partial charge is 0.244 e. The van der Waals surface area contributed by atoms with Gasteiger partial charge in [0, 0.05) is 12.6 Å². The average molecular weight is 585 g/mol. The molecule has 0 unspecified atom stereocenters. The molecular formula is C27H35Cl2N3O5S. The molecule has 11 heteroatoms. The minimum absolute atomic E-state index is 0.0221. The summed E-state index contributed by atoms with van der Waals surface area (Å²) < 4.78 is 31.8. The van der Waals surface area contributed by atoms with E-state index in [0.717, 1.165) is 48.2 Å². The second-order valence-corrected chi connectivity index (χ2v) is 12.2. The molecule has 0 radical (unpaired) electrons. The number of nitrogens with one attached hydrogen (secondary N) is 1. The topological polar surface area (TPSA) is 96.0 Å². The third kappa shape index (κ3) is 7.77. The third-order valence-electron chi connectivity index (χ3n) is 6.70. The lowest BCUT2D eigenvalue weighted by atomic mass is 9.95. The van der Waals surface area contributed by atoms with Crippen LogP contribution in [0.5, 0.6) is 5.75 Å². The molecule has 1 N–H and O–H groups in total. The number of ether oxygens (including phenoxy) is 1. The Morgan fingerprint density at radius 3 is 2.42 bits per heavy atom. The second-order valence-electron chi connectivity index (χ2n) is 9.48. The van der Waals surface area contributed by atoms with Crippen LogP contribution in [0.1, 0.15) is 51.0 Å². The van der Waals surface area contributed by atoms with E-state index < -0.39 is 28.5 Å². The Hall–Kier alpha value is -2.49. The molecule has 0 bridgehead atoms. The van der Waals surface area contributed by atoms with Crippen molar-refractivity contribution in [1.29, 1.82) is 0 Å². The molecule has 0 saturated heterocycles. The number of sulfonamides is 1. The fourth-order valence-corrected chi connectivity index (χ4v) is 6.01. The van der Waals surface area contributed by atoms with Crippen molar-refractivity contribution in [3.05, 3.63) is 58.1 Å². The summed E-state index contributed by atoms with van der Waals surface area (Å²) >= 11 is 12.5. The van der Waals surface area contributed by atoms with Crippen LogP contribution in [0.4, 0.5) is 5.69 Å². The minimum atomic E-state index is -3.92. The van der Waals surface area contributed by atoms with Crippen molar-refractivity contribution in [1.82, 2.24) is 10.2 Å². The van der Waals surface area contributed by atoms with E-state index in [-0.39, 0.29) is 34.2 Å². The molecule has 1 fully saturated rings. The molecule has 0 spiro atoms. The first-order valence-electron chi connectivity index (χ1n) is 12.7. The molecule has 1 atom stereocenters. The van der Waals surface area contributed by atoms with Crippen LogP contribution in [0.3, 0.4) is 0 Å². The first-order valence-corrected chi connectivity index (χ1v) is 15.3. The number of amides is 2. The second kappa shape index (κ2) is 13.5. The van der Waals surface area contributed by atoms with Gasteiger partial charge in [0.15, 0.2) is 0 Å². The molecule has 208 valence electrons. The number of methoxy groups -OCH3 is 1. The molecule has 0 heterocycles. The Bertz CT molecular complexity index is 1230. The fraction of sp³-hybridized carbons (Fsp3) is 0.481. The van der Waals surface area contributed by atoms with Gasteiger partial charge >= 0.3 is 0 Å². The maximum atomic E-state index is 13.9. The Labute approximate surface area is 235 Å². The van der Waals surface area contributed by atoms with E-state index in [1.54, 1.807) is 31.4 Å². The number of anilines is 1. The first kappa shape index (κ1) is 30.1. The largest absolute Gasteiger partial charge is 0.497 e. The lowest BCUT2D eigenvalue weighted by Crippen LogP contribution is -2.54. The number of halogens is 2.